The van der Waals surface area contributed by atoms with Gasteiger partial charge in [-0.25, -0.2) is 0 Å². The summed E-state index contributed by atoms with van der Waals surface area (Å²) >= 11 is 0. The largest absolute Gasteiger partial charge is 0.481 e. The molecule has 0 aromatic rings. The summed E-state index contributed by atoms with van der Waals surface area (Å²) < 4.78 is 0. The van der Waals surface area contributed by atoms with E-state index in [1.807, 2.05) is 0 Å². The lowest BCUT2D eigenvalue weighted by molar-refractivity contribution is -0.151. The van der Waals surface area contributed by atoms with Gasteiger partial charge in [-0.05, 0) is 12.8 Å². The zero-order chi connectivity index (χ0) is 10.3. The highest BCUT2D eigenvalue weighted by atomic mass is 16.4. The van der Waals surface area contributed by atoms with Gasteiger partial charge in [0, 0.05) is 0 Å². The molecule has 0 aromatic carbocycles. The van der Waals surface area contributed by atoms with Gasteiger partial charge >= 0.3 is 11.9 Å². The Morgan fingerprint density at radius 2 is 1.36 bits per heavy atom. The van der Waals surface area contributed by atoms with Crippen molar-refractivity contribution in [3.8, 4) is 0 Å². The highest BCUT2D eigenvalue weighted by Gasteiger charge is 2.43. The third kappa shape index (κ3) is 1.14. The van der Waals surface area contributed by atoms with Gasteiger partial charge in [0.1, 0.15) is 0 Å². The number of allylic oxidation sites excluding steroid dienone is 2. The monoisotopic (exact) mass is 194 g/mol. The lowest BCUT2D eigenvalue weighted by Crippen LogP contribution is -2.37. The molecule has 2 N–H and O–H groups in total. The molecule has 0 heterocycles. The van der Waals surface area contributed by atoms with E-state index in [-0.39, 0.29) is 0 Å². The van der Waals surface area contributed by atoms with E-state index in [1.165, 1.54) is 0 Å². The Kier molecular flexibility index (Phi) is 1.91. The van der Waals surface area contributed by atoms with Crippen LogP contribution in [0.5, 0.6) is 0 Å². The molecule has 0 radical (unpaired) electrons. The summed E-state index contributed by atoms with van der Waals surface area (Å²) in [5.74, 6) is -3.76. The van der Waals surface area contributed by atoms with E-state index in [1.54, 1.807) is 12.2 Å². The van der Waals surface area contributed by atoms with Crippen LogP contribution in [0.3, 0.4) is 0 Å². The van der Waals surface area contributed by atoms with E-state index < -0.39 is 23.8 Å². The Labute approximate surface area is 80.5 Å². The minimum Gasteiger partial charge on any atom is -0.481 e. The molecule has 2 bridgehead atoms. The summed E-state index contributed by atoms with van der Waals surface area (Å²) in [4.78, 5) is 21.9. The number of aliphatic carboxylic acids is 2. The zero-order valence-corrected chi connectivity index (χ0v) is 7.43. The standard InChI is InChI=1S/C10H10O4/c11-9(12)7-5-1-2-6(4-3-5)8(7)10(13)14/h1-2,7-8H,3-4H2,(H,11,12)(H,13,14). The molecule has 2 atom stereocenters. The van der Waals surface area contributed by atoms with Crippen molar-refractivity contribution < 1.29 is 19.8 Å². The van der Waals surface area contributed by atoms with E-state index in [4.69, 9.17) is 10.2 Å². The zero-order valence-electron chi connectivity index (χ0n) is 7.43. The molecule has 1 saturated carbocycles. The van der Waals surface area contributed by atoms with Gasteiger partial charge in [-0.2, -0.15) is 0 Å². The molecule has 0 aliphatic heterocycles. The van der Waals surface area contributed by atoms with E-state index in [0.29, 0.717) is 12.8 Å². The van der Waals surface area contributed by atoms with E-state index in [0.717, 1.165) is 11.1 Å². The van der Waals surface area contributed by atoms with Gasteiger partial charge in [0.05, 0.1) is 11.8 Å². The minimum absolute atomic E-state index is 0.687. The van der Waals surface area contributed by atoms with Crippen molar-refractivity contribution in [3.63, 3.8) is 0 Å². The number of carbonyl (C=O) groups is 2. The second-order valence-corrected chi connectivity index (χ2v) is 3.61. The second-order valence-electron chi connectivity index (χ2n) is 3.61. The Hall–Kier alpha value is -1.58. The molecule has 0 amide bonds. The van der Waals surface area contributed by atoms with Crippen LogP contribution >= 0.6 is 0 Å². The van der Waals surface area contributed by atoms with Gasteiger partial charge in [-0.15, -0.1) is 0 Å². The lowest BCUT2D eigenvalue weighted by atomic mass is 9.69. The van der Waals surface area contributed by atoms with Crippen molar-refractivity contribution in [1.82, 2.24) is 0 Å². The number of carboxylic acid groups (broad SMARTS) is 2. The average molecular weight is 194 g/mol. The summed E-state index contributed by atoms with van der Waals surface area (Å²) in [5, 5.41) is 17.9. The number of carboxylic acids is 2. The maximum atomic E-state index is 10.9. The van der Waals surface area contributed by atoms with Crippen LogP contribution in [0.15, 0.2) is 23.3 Å². The summed E-state index contributed by atoms with van der Waals surface area (Å²) in [6, 6.07) is 0. The molecule has 0 aromatic heterocycles. The molecule has 4 heteroatoms. The van der Waals surface area contributed by atoms with Crippen LogP contribution in [0.1, 0.15) is 12.8 Å². The predicted molar refractivity (Wildman–Crippen MR) is 47.7 cm³/mol. The van der Waals surface area contributed by atoms with E-state index in [9.17, 15) is 9.59 Å². The Morgan fingerprint density at radius 1 is 1.00 bits per heavy atom. The highest BCUT2D eigenvalue weighted by molar-refractivity contribution is 5.86. The van der Waals surface area contributed by atoms with Crippen LogP contribution in [0, 0.1) is 11.8 Å². The van der Waals surface area contributed by atoms with Crippen LogP contribution in [-0.2, 0) is 9.59 Å². The second kappa shape index (κ2) is 2.97. The Balaban J connectivity index is 2.40. The van der Waals surface area contributed by atoms with Crippen molar-refractivity contribution in [2.45, 2.75) is 12.8 Å². The molecule has 3 aliphatic rings. The molecule has 74 valence electrons. The number of fused-ring (bicyclic) bond motifs is 3. The fourth-order valence-corrected chi connectivity index (χ4v) is 2.22. The van der Waals surface area contributed by atoms with Gasteiger partial charge in [0.2, 0.25) is 0 Å². The quantitative estimate of drug-likeness (QED) is 0.688. The van der Waals surface area contributed by atoms with Crippen LogP contribution in [0.25, 0.3) is 0 Å². The van der Waals surface area contributed by atoms with E-state index >= 15 is 0 Å². The molecule has 14 heavy (non-hydrogen) atoms. The van der Waals surface area contributed by atoms with Crippen LogP contribution in [-0.4, -0.2) is 22.2 Å². The molecule has 1 fully saturated rings. The lowest BCUT2D eigenvalue weighted by Gasteiger charge is -2.33. The van der Waals surface area contributed by atoms with Gasteiger partial charge in [0.15, 0.2) is 0 Å². The molecule has 2 unspecified atom stereocenters. The van der Waals surface area contributed by atoms with Crippen molar-refractivity contribution in [1.29, 1.82) is 0 Å². The minimum atomic E-state index is -1.03. The van der Waals surface area contributed by atoms with Crippen LogP contribution < -0.4 is 0 Å². The van der Waals surface area contributed by atoms with E-state index in [2.05, 4.69) is 0 Å². The average Bonchev–Trinajstić information content (AvgIpc) is 2.17. The van der Waals surface area contributed by atoms with Crippen LogP contribution in [0.2, 0.25) is 0 Å². The first-order valence-corrected chi connectivity index (χ1v) is 4.46. The van der Waals surface area contributed by atoms with Gasteiger partial charge in [0.25, 0.3) is 0 Å². The summed E-state index contributed by atoms with van der Waals surface area (Å²) in [6.45, 7) is 0. The maximum absolute atomic E-state index is 10.9. The SMILES string of the molecule is O=C(O)C1C2=CC=C(CC2)C1C(=O)O. The summed E-state index contributed by atoms with van der Waals surface area (Å²) in [7, 11) is 0. The molecule has 0 spiro atoms. The number of hydrogen-bond acceptors (Lipinski definition) is 2. The number of hydrogen-bond donors (Lipinski definition) is 2. The highest BCUT2D eigenvalue weighted by Crippen LogP contribution is 2.42. The van der Waals surface area contributed by atoms with Crippen LogP contribution in [0.4, 0.5) is 0 Å². The summed E-state index contributed by atoms with van der Waals surface area (Å²) in [5.41, 5.74) is 1.47. The van der Waals surface area contributed by atoms with Crippen molar-refractivity contribution in [2.75, 3.05) is 0 Å². The first-order chi connectivity index (χ1) is 6.61. The van der Waals surface area contributed by atoms with Gasteiger partial charge < -0.3 is 10.2 Å². The third-order valence-corrected chi connectivity index (χ3v) is 2.88. The molecular weight excluding hydrogens is 184 g/mol. The first kappa shape index (κ1) is 8.99. The molecular formula is C10H10O4. The van der Waals surface area contributed by atoms with Crippen molar-refractivity contribution in [3.05, 3.63) is 23.3 Å². The predicted octanol–water partition coefficient (Wildman–Crippen LogP) is 1.05. The molecule has 3 rings (SSSR count). The normalized spacial score (nSPS) is 29.4. The topological polar surface area (TPSA) is 74.6 Å². The fraction of sp³-hybridized carbons (Fsp3) is 0.400. The first-order valence-electron chi connectivity index (χ1n) is 4.46. The number of rotatable bonds is 2. The molecule has 3 aliphatic carbocycles. The third-order valence-electron chi connectivity index (χ3n) is 2.88. The maximum Gasteiger partial charge on any atom is 0.311 e. The van der Waals surface area contributed by atoms with Crippen molar-refractivity contribution >= 4 is 11.9 Å². The van der Waals surface area contributed by atoms with Gasteiger partial charge in [-0.1, -0.05) is 23.3 Å². The Morgan fingerprint density at radius 3 is 1.57 bits per heavy atom. The molecule has 0 saturated heterocycles. The fourth-order valence-electron chi connectivity index (χ4n) is 2.22. The van der Waals surface area contributed by atoms with Crippen molar-refractivity contribution in [2.24, 2.45) is 11.8 Å². The Bertz CT molecular complexity index is 328. The van der Waals surface area contributed by atoms with Gasteiger partial charge in [-0.3, -0.25) is 9.59 Å². The smallest absolute Gasteiger partial charge is 0.311 e. The molecule has 4 nitrogen and oxygen atoms in total. The summed E-state index contributed by atoms with van der Waals surface area (Å²) in [6.07, 6.45) is 4.87.